The summed E-state index contributed by atoms with van der Waals surface area (Å²) < 4.78 is 33.2. The first-order valence-electron chi connectivity index (χ1n) is 10.9. The third-order valence-electron chi connectivity index (χ3n) is 5.02. The quantitative estimate of drug-likeness (QED) is 0.141. The molecule has 4 rings (SSSR count). The molecular weight excluding hydrogens is 514 g/mol. The summed E-state index contributed by atoms with van der Waals surface area (Å²) in [6.45, 7) is 0. The molecule has 10 heteroatoms. The highest BCUT2D eigenvalue weighted by molar-refractivity contribution is 7.92. The summed E-state index contributed by atoms with van der Waals surface area (Å²) in [6.07, 6.45) is 1.40. The van der Waals surface area contributed by atoms with E-state index in [9.17, 15) is 18.0 Å². The van der Waals surface area contributed by atoms with E-state index in [1.165, 1.54) is 42.6 Å². The molecule has 0 aromatic heterocycles. The number of ether oxygens (including phenoxy) is 1. The molecule has 4 aromatic rings. The fourth-order valence-electron chi connectivity index (χ4n) is 3.18. The molecule has 0 atom stereocenters. The lowest BCUT2D eigenvalue weighted by Crippen LogP contribution is -2.21. The third kappa shape index (κ3) is 6.81. The average molecular weight is 534 g/mol. The van der Waals surface area contributed by atoms with Crippen LogP contribution < -0.4 is 14.9 Å². The average Bonchev–Trinajstić information content (AvgIpc) is 2.90. The van der Waals surface area contributed by atoms with Crippen molar-refractivity contribution in [2.24, 2.45) is 5.10 Å². The number of halogens is 1. The highest BCUT2D eigenvalue weighted by atomic mass is 35.5. The molecule has 186 valence electrons. The van der Waals surface area contributed by atoms with E-state index in [1.54, 1.807) is 60.7 Å². The van der Waals surface area contributed by atoms with Crippen LogP contribution in [-0.2, 0) is 10.0 Å². The van der Waals surface area contributed by atoms with Crippen LogP contribution in [0.3, 0.4) is 0 Å². The van der Waals surface area contributed by atoms with Gasteiger partial charge in [-0.2, -0.15) is 5.10 Å². The van der Waals surface area contributed by atoms with E-state index in [-0.39, 0.29) is 16.1 Å². The van der Waals surface area contributed by atoms with E-state index < -0.39 is 21.9 Å². The van der Waals surface area contributed by atoms with E-state index in [0.717, 1.165) is 0 Å². The Morgan fingerprint density at radius 3 is 2.16 bits per heavy atom. The van der Waals surface area contributed by atoms with Gasteiger partial charge in [-0.15, -0.1) is 0 Å². The second-order valence-electron chi connectivity index (χ2n) is 7.63. The van der Waals surface area contributed by atoms with Crippen LogP contribution >= 0.6 is 11.6 Å². The monoisotopic (exact) mass is 533 g/mol. The number of esters is 1. The molecule has 37 heavy (non-hydrogen) atoms. The number of carbonyl (C=O) groups excluding carboxylic acids is 2. The van der Waals surface area contributed by atoms with Gasteiger partial charge in [0.2, 0.25) is 0 Å². The number of anilines is 1. The molecule has 0 radical (unpaired) electrons. The Kier molecular flexibility index (Phi) is 7.97. The standard InChI is InChI=1S/C27H20ClN3O5S/c28-21-12-16-23(17-13-21)37(34,35)31-25-9-5-4-8-24(25)26(32)30-29-18-19-10-14-22(15-11-19)36-27(33)20-6-2-1-3-7-20/h1-18,31H,(H,30,32). The van der Waals surface area contributed by atoms with Crippen LogP contribution in [0.15, 0.2) is 113 Å². The van der Waals surface area contributed by atoms with Gasteiger partial charge in [-0.05, 0) is 78.4 Å². The zero-order chi connectivity index (χ0) is 26.3. The van der Waals surface area contributed by atoms with Gasteiger partial charge in [-0.3, -0.25) is 9.52 Å². The van der Waals surface area contributed by atoms with E-state index in [1.807, 2.05) is 6.07 Å². The number of hydrogen-bond acceptors (Lipinski definition) is 6. The number of carbonyl (C=O) groups is 2. The Labute approximate surface area is 218 Å². The number of nitrogens with one attached hydrogen (secondary N) is 2. The van der Waals surface area contributed by atoms with Crippen molar-refractivity contribution < 1.29 is 22.7 Å². The highest BCUT2D eigenvalue weighted by Crippen LogP contribution is 2.21. The fourth-order valence-corrected chi connectivity index (χ4v) is 4.38. The zero-order valence-electron chi connectivity index (χ0n) is 19.2. The first-order chi connectivity index (χ1) is 17.8. The van der Waals surface area contributed by atoms with Gasteiger partial charge in [0.25, 0.3) is 15.9 Å². The van der Waals surface area contributed by atoms with E-state index in [2.05, 4.69) is 15.2 Å². The van der Waals surface area contributed by atoms with Crippen molar-refractivity contribution in [3.05, 3.63) is 125 Å². The predicted octanol–water partition coefficient (Wildman–Crippen LogP) is 5.12. The molecule has 1 amide bonds. The molecule has 2 N–H and O–H groups in total. The Balaban J connectivity index is 1.39. The Morgan fingerprint density at radius 1 is 0.811 bits per heavy atom. The molecule has 4 aromatic carbocycles. The minimum absolute atomic E-state index is 0.00280. The molecule has 0 unspecified atom stereocenters. The second kappa shape index (κ2) is 11.5. The van der Waals surface area contributed by atoms with Crippen molar-refractivity contribution >= 4 is 45.4 Å². The van der Waals surface area contributed by atoms with E-state index in [4.69, 9.17) is 16.3 Å². The van der Waals surface area contributed by atoms with Gasteiger partial charge >= 0.3 is 5.97 Å². The normalized spacial score (nSPS) is 11.2. The first-order valence-corrected chi connectivity index (χ1v) is 12.8. The summed E-state index contributed by atoms with van der Waals surface area (Å²) in [6, 6.07) is 27.0. The number of hydrazone groups is 1. The maximum atomic E-state index is 12.7. The summed E-state index contributed by atoms with van der Waals surface area (Å²) in [5.41, 5.74) is 3.63. The maximum absolute atomic E-state index is 12.7. The van der Waals surface area contributed by atoms with Crippen molar-refractivity contribution in [1.29, 1.82) is 0 Å². The van der Waals surface area contributed by atoms with Gasteiger partial charge in [-0.25, -0.2) is 18.6 Å². The molecule has 8 nitrogen and oxygen atoms in total. The summed E-state index contributed by atoms with van der Waals surface area (Å²) in [4.78, 5) is 24.8. The zero-order valence-corrected chi connectivity index (χ0v) is 20.7. The Morgan fingerprint density at radius 2 is 1.46 bits per heavy atom. The summed E-state index contributed by atoms with van der Waals surface area (Å²) >= 11 is 5.83. The summed E-state index contributed by atoms with van der Waals surface area (Å²) in [7, 11) is -3.94. The summed E-state index contributed by atoms with van der Waals surface area (Å²) in [5.74, 6) is -0.726. The molecule has 0 spiro atoms. The largest absolute Gasteiger partial charge is 0.423 e. The number of nitrogens with zero attached hydrogens (tertiary/aromatic N) is 1. The molecule has 0 aliphatic rings. The molecule has 0 bridgehead atoms. The van der Waals surface area contributed by atoms with Gasteiger partial charge in [0, 0.05) is 5.02 Å². The molecule has 0 aliphatic heterocycles. The van der Waals surface area contributed by atoms with E-state index >= 15 is 0 Å². The van der Waals surface area contributed by atoms with Crippen molar-refractivity contribution in [3.63, 3.8) is 0 Å². The molecule has 0 saturated carbocycles. The van der Waals surface area contributed by atoms with Gasteiger partial charge in [0.05, 0.1) is 27.9 Å². The van der Waals surface area contributed by atoms with Crippen LogP contribution in [0.4, 0.5) is 5.69 Å². The topological polar surface area (TPSA) is 114 Å². The van der Waals surface area contributed by atoms with Crippen LogP contribution in [0, 0.1) is 0 Å². The number of benzene rings is 4. The highest BCUT2D eigenvalue weighted by Gasteiger charge is 2.18. The van der Waals surface area contributed by atoms with Gasteiger partial charge in [0.15, 0.2) is 0 Å². The first kappa shape index (κ1) is 25.6. The van der Waals surface area contributed by atoms with Gasteiger partial charge in [0.1, 0.15) is 5.75 Å². The lowest BCUT2D eigenvalue weighted by molar-refractivity contribution is 0.0734. The summed E-state index contributed by atoms with van der Waals surface area (Å²) in [5, 5.41) is 4.34. The molecule has 0 saturated heterocycles. The Bertz CT molecular complexity index is 1540. The second-order valence-corrected chi connectivity index (χ2v) is 9.75. The smallest absolute Gasteiger partial charge is 0.343 e. The van der Waals surface area contributed by atoms with Gasteiger partial charge in [-0.1, -0.05) is 41.9 Å². The maximum Gasteiger partial charge on any atom is 0.343 e. The Hall–Kier alpha value is -4.47. The van der Waals surface area contributed by atoms with E-state index in [0.29, 0.717) is 21.9 Å². The molecular formula is C27H20ClN3O5S. The number of para-hydroxylation sites is 1. The number of rotatable bonds is 8. The fraction of sp³-hybridized carbons (Fsp3) is 0. The van der Waals surface area contributed by atoms with Crippen molar-refractivity contribution in [3.8, 4) is 5.75 Å². The lowest BCUT2D eigenvalue weighted by atomic mass is 10.2. The lowest BCUT2D eigenvalue weighted by Gasteiger charge is -2.11. The number of hydrogen-bond donors (Lipinski definition) is 2. The van der Waals surface area contributed by atoms with Crippen LogP contribution in [0.5, 0.6) is 5.75 Å². The predicted molar refractivity (Wildman–Crippen MR) is 142 cm³/mol. The minimum Gasteiger partial charge on any atom is -0.423 e. The van der Waals surface area contributed by atoms with Crippen molar-refractivity contribution in [2.75, 3.05) is 4.72 Å². The van der Waals surface area contributed by atoms with Crippen LogP contribution in [0.25, 0.3) is 0 Å². The number of amides is 1. The molecule has 0 fully saturated rings. The van der Waals surface area contributed by atoms with Gasteiger partial charge < -0.3 is 4.74 Å². The van der Waals surface area contributed by atoms with Crippen LogP contribution in [-0.4, -0.2) is 26.5 Å². The molecule has 0 aliphatic carbocycles. The van der Waals surface area contributed by atoms with Crippen molar-refractivity contribution in [2.45, 2.75) is 4.90 Å². The number of sulfonamides is 1. The van der Waals surface area contributed by atoms with Crippen LogP contribution in [0.2, 0.25) is 5.02 Å². The minimum atomic E-state index is -3.94. The SMILES string of the molecule is O=C(Oc1ccc(C=NNC(=O)c2ccccc2NS(=O)(=O)c2ccc(Cl)cc2)cc1)c1ccccc1. The third-order valence-corrected chi connectivity index (χ3v) is 6.65. The van der Waals surface area contributed by atoms with Crippen LogP contribution in [0.1, 0.15) is 26.3 Å². The van der Waals surface area contributed by atoms with Crippen molar-refractivity contribution in [1.82, 2.24) is 5.43 Å². The molecule has 0 heterocycles.